The molecule has 3 aliphatic rings. The Labute approximate surface area is 191 Å². The zero-order valence-corrected chi connectivity index (χ0v) is 20.2. The number of nitrogens with one attached hydrogen (secondary N) is 1. The molecule has 7 nitrogen and oxygen atoms in total. The molecule has 8 heteroatoms. The monoisotopic (exact) mass is 461 g/mol. The molecule has 0 bridgehead atoms. The van der Waals surface area contributed by atoms with Crippen LogP contribution < -0.4 is 10.2 Å². The van der Waals surface area contributed by atoms with Crippen molar-refractivity contribution < 1.29 is 18.0 Å². The van der Waals surface area contributed by atoms with Gasteiger partial charge in [-0.05, 0) is 68.7 Å². The quantitative estimate of drug-likeness (QED) is 0.705. The largest absolute Gasteiger partial charge is 0.352 e. The Bertz CT molecular complexity index is 989. The summed E-state index contributed by atoms with van der Waals surface area (Å²) in [5, 5.41) is 3.02. The van der Waals surface area contributed by atoms with Crippen LogP contribution in [0.15, 0.2) is 23.1 Å². The highest BCUT2D eigenvalue weighted by Gasteiger charge is 2.38. The first kappa shape index (κ1) is 23.2. The first-order chi connectivity index (χ1) is 15.2. The van der Waals surface area contributed by atoms with Crippen molar-refractivity contribution in [2.75, 3.05) is 18.5 Å². The van der Waals surface area contributed by atoms with Crippen LogP contribution in [0.4, 0.5) is 5.69 Å². The van der Waals surface area contributed by atoms with Crippen LogP contribution in [0, 0.1) is 11.8 Å². The highest BCUT2D eigenvalue weighted by molar-refractivity contribution is 7.89. The van der Waals surface area contributed by atoms with Crippen LogP contribution in [-0.2, 0) is 26.0 Å². The Balaban J connectivity index is 1.45. The maximum Gasteiger partial charge on any atom is 0.243 e. The molecule has 1 heterocycles. The fourth-order valence-corrected chi connectivity index (χ4v) is 6.38. The summed E-state index contributed by atoms with van der Waals surface area (Å²) in [5.74, 6) is 0.410. The first-order valence-corrected chi connectivity index (χ1v) is 13.3. The molecule has 1 aromatic rings. The molecule has 0 radical (unpaired) electrons. The van der Waals surface area contributed by atoms with Gasteiger partial charge in [-0.15, -0.1) is 0 Å². The molecule has 1 N–H and O–H groups in total. The number of rotatable bonds is 6. The van der Waals surface area contributed by atoms with Crippen LogP contribution in [0.25, 0.3) is 0 Å². The third-order valence-corrected chi connectivity index (χ3v) is 9.29. The summed E-state index contributed by atoms with van der Waals surface area (Å²) < 4.78 is 27.4. The maximum atomic E-state index is 13.2. The predicted octanol–water partition coefficient (Wildman–Crippen LogP) is 3.08. The van der Waals surface area contributed by atoms with Crippen molar-refractivity contribution in [3.05, 3.63) is 23.8 Å². The number of amides is 2. The Hall–Kier alpha value is -1.93. The van der Waals surface area contributed by atoms with Gasteiger partial charge in [-0.3, -0.25) is 9.59 Å². The molecule has 2 fully saturated rings. The molecule has 1 aromatic carbocycles. The summed E-state index contributed by atoms with van der Waals surface area (Å²) in [6.07, 6.45) is 7.94. The van der Waals surface area contributed by atoms with Gasteiger partial charge in [-0.25, -0.2) is 8.42 Å². The maximum absolute atomic E-state index is 13.2. The van der Waals surface area contributed by atoms with Crippen molar-refractivity contribution >= 4 is 27.5 Å². The molecule has 32 heavy (non-hydrogen) atoms. The number of sulfonamides is 1. The second kappa shape index (κ2) is 9.14. The molecular formula is C24H35N3O4S. The molecule has 1 aliphatic heterocycles. The fourth-order valence-electron chi connectivity index (χ4n) is 5.21. The number of carbonyl (C=O) groups excluding carboxylic acids is 2. The van der Waals surface area contributed by atoms with Gasteiger partial charge in [0.25, 0.3) is 0 Å². The lowest BCUT2D eigenvalue weighted by atomic mass is 9.84. The van der Waals surface area contributed by atoms with Crippen LogP contribution in [0.3, 0.4) is 0 Å². The van der Waals surface area contributed by atoms with Crippen molar-refractivity contribution in [1.29, 1.82) is 0 Å². The highest BCUT2D eigenvalue weighted by atomic mass is 32.2. The van der Waals surface area contributed by atoms with E-state index in [0.717, 1.165) is 54.1 Å². The minimum absolute atomic E-state index is 0.0250. The number of nitrogens with zero attached hydrogens (tertiary/aromatic N) is 2. The Morgan fingerprint density at radius 1 is 1.09 bits per heavy atom. The van der Waals surface area contributed by atoms with Crippen molar-refractivity contribution in [3.63, 3.8) is 0 Å². The van der Waals surface area contributed by atoms with Gasteiger partial charge in [0.15, 0.2) is 0 Å². The molecule has 3 atom stereocenters. The second-order valence-corrected chi connectivity index (χ2v) is 11.9. The van der Waals surface area contributed by atoms with Crippen molar-refractivity contribution in [1.82, 2.24) is 9.62 Å². The van der Waals surface area contributed by atoms with E-state index in [4.69, 9.17) is 0 Å². The zero-order valence-electron chi connectivity index (χ0n) is 19.3. The van der Waals surface area contributed by atoms with E-state index < -0.39 is 10.0 Å². The number of anilines is 1. The Morgan fingerprint density at radius 3 is 2.47 bits per heavy atom. The molecule has 0 aromatic heterocycles. The van der Waals surface area contributed by atoms with E-state index in [1.807, 2.05) is 11.8 Å². The lowest BCUT2D eigenvalue weighted by Gasteiger charge is -2.32. The van der Waals surface area contributed by atoms with E-state index in [9.17, 15) is 18.0 Å². The zero-order chi connectivity index (χ0) is 23.0. The SMILES string of the molecule is C[C@@H]1CCCC[C@H]1NC(=O)CN(C)S(=O)(=O)c1ccc2c(c1)C[C@@H](C)N2C(=O)C1CCC1. The average molecular weight is 462 g/mol. The fraction of sp³-hybridized carbons (Fsp3) is 0.667. The number of hydrogen-bond donors (Lipinski definition) is 1. The van der Waals surface area contributed by atoms with E-state index in [1.165, 1.54) is 13.5 Å². The highest BCUT2D eigenvalue weighted by Crippen LogP contribution is 2.38. The number of benzene rings is 1. The van der Waals surface area contributed by atoms with Crippen molar-refractivity contribution in [2.45, 2.75) is 82.2 Å². The van der Waals surface area contributed by atoms with E-state index in [-0.39, 0.29) is 41.3 Å². The standard InChI is InChI=1S/C24H35N3O4S/c1-16-7-4-5-10-21(16)25-23(28)15-26(3)32(30,31)20-11-12-22-19(14-20)13-17(2)27(22)24(29)18-8-6-9-18/h11-12,14,16-18,21H,4-10,13,15H2,1-3H3,(H,25,28)/t16-,17-,21-/m1/s1. The first-order valence-electron chi connectivity index (χ1n) is 11.9. The van der Waals surface area contributed by atoms with E-state index in [1.54, 1.807) is 18.2 Å². The topological polar surface area (TPSA) is 86.8 Å². The van der Waals surface area contributed by atoms with Gasteiger partial charge in [0.05, 0.1) is 11.4 Å². The predicted molar refractivity (Wildman–Crippen MR) is 124 cm³/mol. The summed E-state index contributed by atoms with van der Waals surface area (Å²) in [4.78, 5) is 27.4. The number of likely N-dealkylation sites (N-methyl/N-ethyl adjacent to an activating group) is 1. The summed E-state index contributed by atoms with van der Waals surface area (Å²) in [6.45, 7) is 3.94. The number of fused-ring (bicyclic) bond motifs is 1. The Morgan fingerprint density at radius 2 is 1.81 bits per heavy atom. The summed E-state index contributed by atoms with van der Waals surface area (Å²) in [6, 6.07) is 5.13. The molecular weight excluding hydrogens is 426 g/mol. The lowest BCUT2D eigenvalue weighted by Crippen LogP contribution is -2.46. The van der Waals surface area contributed by atoms with Gasteiger partial charge in [0.2, 0.25) is 21.8 Å². The normalized spacial score (nSPS) is 26.0. The summed E-state index contributed by atoms with van der Waals surface area (Å²) >= 11 is 0. The smallest absolute Gasteiger partial charge is 0.243 e. The van der Waals surface area contributed by atoms with Gasteiger partial charge in [0.1, 0.15) is 0 Å². The van der Waals surface area contributed by atoms with Crippen LogP contribution >= 0.6 is 0 Å². The van der Waals surface area contributed by atoms with Crippen molar-refractivity contribution in [3.8, 4) is 0 Å². The molecule has 176 valence electrons. The van der Waals surface area contributed by atoms with Crippen LogP contribution in [0.5, 0.6) is 0 Å². The molecule has 0 unspecified atom stereocenters. The van der Waals surface area contributed by atoms with E-state index >= 15 is 0 Å². The third kappa shape index (κ3) is 4.44. The van der Waals surface area contributed by atoms with Gasteiger partial charge < -0.3 is 10.2 Å². The summed E-state index contributed by atoms with van der Waals surface area (Å²) in [7, 11) is -2.36. The average Bonchev–Trinajstić information content (AvgIpc) is 3.03. The van der Waals surface area contributed by atoms with Gasteiger partial charge >= 0.3 is 0 Å². The van der Waals surface area contributed by atoms with E-state index in [2.05, 4.69) is 12.2 Å². The molecule has 2 saturated carbocycles. The number of carbonyl (C=O) groups is 2. The molecule has 2 amide bonds. The molecule has 4 rings (SSSR count). The van der Waals surface area contributed by atoms with Gasteiger partial charge in [-0.1, -0.05) is 26.2 Å². The minimum Gasteiger partial charge on any atom is -0.352 e. The minimum atomic E-state index is -3.81. The van der Waals surface area contributed by atoms with Crippen LogP contribution in [-0.4, -0.2) is 50.2 Å². The Kier molecular flexibility index (Phi) is 6.63. The van der Waals surface area contributed by atoms with Gasteiger partial charge in [-0.2, -0.15) is 4.31 Å². The molecule has 0 spiro atoms. The third-order valence-electron chi connectivity index (χ3n) is 7.49. The van der Waals surface area contributed by atoms with Gasteiger partial charge in [0, 0.05) is 30.7 Å². The summed E-state index contributed by atoms with van der Waals surface area (Å²) in [5.41, 5.74) is 1.69. The second-order valence-electron chi connectivity index (χ2n) is 9.88. The number of hydrogen-bond acceptors (Lipinski definition) is 4. The van der Waals surface area contributed by atoms with E-state index in [0.29, 0.717) is 12.3 Å². The van der Waals surface area contributed by atoms with Crippen LogP contribution in [0.2, 0.25) is 0 Å². The van der Waals surface area contributed by atoms with Crippen molar-refractivity contribution in [2.24, 2.45) is 11.8 Å². The molecule has 2 aliphatic carbocycles. The molecule has 0 saturated heterocycles. The van der Waals surface area contributed by atoms with Crippen LogP contribution in [0.1, 0.15) is 64.4 Å². The lowest BCUT2D eigenvalue weighted by molar-refractivity contribution is -0.125.